The van der Waals surface area contributed by atoms with Crippen LogP contribution in [0.3, 0.4) is 0 Å². The molecule has 1 atom stereocenters. The van der Waals surface area contributed by atoms with Gasteiger partial charge >= 0.3 is 0 Å². The molecule has 1 aromatic carbocycles. The second kappa shape index (κ2) is 5.11. The fraction of sp³-hybridized carbons (Fsp3) is 0.538. The Kier molecular flexibility index (Phi) is 3.85. The minimum absolute atomic E-state index is 0.0124. The third kappa shape index (κ3) is 2.75. The van der Waals surface area contributed by atoms with Crippen molar-refractivity contribution in [2.24, 2.45) is 0 Å². The Hall–Kier alpha value is -1.11. The number of nitrogens with zero attached hydrogens (tertiary/aromatic N) is 2. The lowest BCUT2D eigenvalue weighted by Gasteiger charge is -2.37. The van der Waals surface area contributed by atoms with Crippen LogP contribution in [0.1, 0.15) is 12.5 Å². The van der Waals surface area contributed by atoms with Gasteiger partial charge in [0.05, 0.1) is 4.90 Å². The second-order valence-electron chi connectivity index (χ2n) is 5.25. The summed E-state index contributed by atoms with van der Waals surface area (Å²) in [6, 6.07) is 4.88. The Morgan fingerprint density at radius 2 is 2.00 bits per heavy atom. The van der Waals surface area contributed by atoms with Crippen molar-refractivity contribution in [2.45, 2.75) is 24.8 Å². The van der Waals surface area contributed by atoms with Gasteiger partial charge in [-0.2, -0.15) is 4.31 Å². The number of sulfonamides is 1. The topological polar surface area (TPSA) is 66.6 Å². The zero-order chi connectivity index (χ0) is 14.2. The number of rotatable bonds is 2. The van der Waals surface area contributed by atoms with Gasteiger partial charge in [0.2, 0.25) is 10.0 Å². The largest absolute Gasteiger partial charge is 0.399 e. The zero-order valence-electron chi connectivity index (χ0n) is 11.6. The van der Waals surface area contributed by atoms with Crippen molar-refractivity contribution in [1.29, 1.82) is 0 Å². The van der Waals surface area contributed by atoms with Gasteiger partial charge in [0.1, 0.15) is 0 Å². The Labute approximate surface area is 115 Å². The highest BCUT2D eigenvalue weighted by Gasteiger charge is 2.32. The summed E-state index contributed by atoms with van der Waals surface area (Å²) in [6.07, 6.45) is 0. The third-order valence-corrected chi connectivity index (χ3v) is 5.63. The van der Waals surface area contributed by atoms with Crippen LogP contribution in [0.15, 0.2) is 23.1 Å². The number of anilines is 1. The summed E-state index contributed by atoms with van der Waals surface area (Å²) in [5.74, 6) is 0. The summed E-state index contributed by atoms with van der Waals surface area (Å²) in [5.41, 5.74) is 7.15. The number of hydrogen-bond donors (Lipinski definition) is 1. The summed E-state index contributed by atoms with van der Waals surface area (Å²) < 4.78 is 26.9. The van der Waals surface area contributed by atoms with Crippen molar-refractivity contribution in [3.05, 3.63) is 23.8 Å². The molecule has 0 radical (unpaired) electrons. The molecule has 0 bridgehead atoms. The fourth-order valence-electron chi connectivity index (χ4n) is 2.42. The highest BCUT2D eigenvalue weighted by atomic mass is 32.2. The maximum absolute atomic E-state index is 12.6. The first kappa shape index (κ1) is 14.3. The van der Waals surface area contributed by atoms with Gasteiger partial charge in [-0.3, -0.25) is 0 Å². The van der Waals surface area contributed by atoms with Gasteiger partial charge in [0.15, 0.2) is 0 Å². The molecule has 0 amide bonds. The van der Waals surface area contributed by atoms with Crippen LogP contribution >= 0.6 is 0 Å². The number of nitrogens with two attached hydrogens (primary N) is 1. The predicted octanol–water partition coefficient (Wildman–Crippen LogP) is 0.902. The lowest BCUT2D eigenvalue weighted by atomic mass is 10.2. The standard InChI is InChI=1S/C13H21N3O2S/c1-10-8-12(4-5-13(10)14)19(17,18)16-7-6-15(3)9-11(16)2/h4-5,8,11H,6-7,9,14H2,1-3H3. The van der Waals surface area contributed by atoms with Crippen molar-refractivity contribution in [2.75, 3.05) is 32.4 Å². The van der Waals surface area contributed by atoms with E-state index in [9.17, 15) is 8.42 Å². The van der Waals surface area contributed by atoms with Crippen molar-refractivity contribution in [3.8, 4) is 0 Å². The first-order valence-electron chi connectivity index (χ1n) is 6.39. The van der Waals surface area contributed by atoms with Crippen LogP contribution in [0.25, 0.3) is 0 Å². The molecular weight excluding hydrogens is 262 g/mol. The van der Waals surface area contributed by atoms with Crippen molar-refractivity contribution in [1.82, 2.24) is 9.21 Å². The lowest BCUT2D eigenvalue weighted by Crippen LogP contribution is -2.52. The molecule has 6 heteroatoms. The number of aryl methyl sites for hydroxylation is 1. The van der Waals surface area contributed by atoms with Crippen LogP contribution in [0.2, 0.25) is 0 Å². The van der Waals surface area contributed by atoms with E-state index >= 15 is 0 Å². The van der Waals surface area contributed by atoms with Gasteiger partial charge in [-0.1, -0.05) is 0 Å². The van der Waals surface area contributed by atoms with Gasteiger partial charge in [-0.25, -0.2) is 8.42 Å². The molecule has 1 heterocycles. The van der Waals surface area contributed by atoms with Crippen molar-refractivity contribution < 1.29 is 8.42 Å². The van der Waals surface area contributed by atoms with Crippen LogP contribution in [0.4, 0.5) is 5.69 Å². The molecular formula is C13H21N3O2S. The molecule has 0 aromatic heterocycles. The van der Waals surface area contributed by atoms with E-state index in [0.717, 1.165) is 18.7 Å². The molecule has 1 saturated heterocycles. The highest BCUT2D eigenvalue weighted by molar-refractivity contribution is 7.89. The van der Waals surface area contributed by atoms with E-state index in [-0.39, 0.29) is 6.04 Å². The molecule has 0 spiro atoms. The number of hydrogen-bond acceptors (Lipinski definition) is 4. The van der Waals surface area contributed by atoms with Crippen LogP contribution < -0.4 is 5.73 Å². The molecule has 19 heavy (non-hydrogen) atoms. The maximum Gasteiger partial charge on any atom is 0.243 e. The van der Waals surface area contributed by atoms with Gasteiger partial charge in [-0.15, -0.1) is 0 Å². The average molecular weight is 283 g/mol. The zero-order valence-corrected chi connectivity index (χ0v) is 12.4. The SMILES string of the molecule is Cc1cc(S(=O)(=O)N2CCN(C)CC2C)ccc1N. The molecule has 0 aliphatic carbocycles. The van der Waals surface area contributed by atoms with E-state index in [1.54, 1.807) is 22.5 Å². The van der Waals surface area contributed by atoms with Crippen LogP contribution in [-0.4, -0.2) is 50.3 Å². The predicted molar refractivity (Wildman–Crippen MR) is 76.4 cm³/mol. The molecule has 1 aromatic rings. The molecule has 5 nitrogen and oxygen atoms in total. The van der Waals surface area contributed by atoms with E-state index < -0.39 is 10.0 Å². The van der Waals surface area contributed by atoms with Crippen molar-refractivity contribution >= 4 is 15.7 Å². The van der Waals surface area contributed by atoms with E-state index in [4.69, 9.17) is 5.73 Å². The molecule has 0 saturated carbocycles. The lowest BCUT2D eigenvalue weighted by molar-refractivity contribution is 0.170. The Morgan fingerprint density at radius 1 is 1.32 bits per heavy atom. The van der Waals surface area contributed by atoms with E-state index in [0.29, 0.717) is 17.1 Å². The minimum Gasteiger partial charge on any atom is -0.399 e. The van der Waals surface area contributed by atoms with E-state index in [1.807, 2.05) is 20.9 Å². The molecule has 2 N–H and O–H groups in total. The van der Waals surface area contributed by atoms with E-state index in [1.165, 1.54) is 0 Å². The molecule has 2 rings (SSSR count). The van der Waals surface area contributed by atoms with Crippen LogP contribution in [0.5, 0.6) is 0 Å². The van der Waals surface area contributed by atoms with Gasteiger partial charge in [0.25, 0.3) is 0 Å². The summed E-state index contributed by atoms with van der Waals surface area (Å²) in [7, 11) is -1.42. The number of nitrogen functional groups attached to an aromatic ring is 1. The molecule has 1 aliphatic rings. The quantitative estimate of drug-likeness (QED) is 0.819. The molecule has 1 aliphatic heterocycles. The molecule has 1 fully saturated rings. The third-order valence-electron chi connectivity index (χ3n) is 3.62. The van der Waals surface area contributed by atoms with Crippen LogP contribution in [-0.2, 0) is 10.0 Å². The highest BCUT2D eigenvalue weighted by Crippen LogP contribution is 2.23. The first-order valence-corrected chi connectivity index (χ1v) is 7.83. The smallest absolute Gasteiger partial charge is 0.243 e. The summed E-state index contributed by atoms with van der Waals surface area (Å²) in [4.78, 5) is 2.47. The Morgan fingerprint density at radius 3 is 2.58 bits per heavy atom. The van der Waals surface area contributed by atoms with E-state index in [2.05, 4.69) is 4.90 Å². The molecule has 106 valence electrons. The second-order valence-corrected chi connectivity index (χ2v) is 7.14. The number of piperazine rings is 1. The summed E-state index contributed by atoms with van der Waals surface area (Å²) in [5, 5.41) is 0. The minimum atomic E-state index is -3.42. The van der Waals surface area contributed by atoms with Gasteiger partial charge in [-0.05, 0) is 44.7 Å². The number of likely N-dealkylation sites (N-methyl/N-ethyl adjacent to an activating group) is 1. The Bertz CT molecular complexity index is 571. The van der Waals surface area contributed by atoms with Gasteiger partial charge < -0.3 is 10.6 Å². The van der Waals surface area contributed by atoms with Crippen molar-refractivity contribution in [3.63, 3.8) is 0 Å². The fourth-order valence-corrected chi connectivity index (χ4v) is 4.12. The Balaban J connectivity index is 2.34. The maximum atomic E-state index is 12.6. The van der Waals surface area contributed by atoms with Gasteiger partial charge in [0, 0.05) is 31.4 Å². The number of benzene rings is 1. The summed E-state index contributed by atoms with van der Waals surface area (Å²) in [6.45, 7) is 5.81. The summed E-state index contributed by atoms with van der Waals surface area (Å²) >= 11 is 0. The monoisotopic (exact) mass is 283 g/mol. The average Bonchev–Trinajstić information content (AvgIpc) is 2.32. The van der Waals surface area contributed by atoms with Crippen LogP contribution in [0, 0.1) is 6.92 Å². The molecule has 1 unspecified atom stereocenters. The first-order chi connectivity index (χ1) is 8.82. The normalized spacial score (nSPS) is 22.6.